The zero-order valence-electron chi connectivity index (χ0n) is 8.42. The Morgan fingerprint density at radius 2 is 2.07 bits per heavy atom. The summed E-state index contributed by atoms with van der Waals surface area (Å²) < 4.78 is 0. The van der Waals surface area contributed by atoms with E-state index in [1.54, 1.807) is 0 Å². The van der Waals surface area contributed by atoms with E-state index in [0.717, 1.165) is 31.6 Å². The smallest absolute Gasteiger partial charge is 0.0612 e. The number of hydrogen-bond acceptors (Lipinski definition) is 2. The van der Waals surface area contributed by atoms with Gasteiger partial charge in [-0.3, -0.25) is 0 Å². The largest absolute Gasteiger partial charge is 0.370 e. The lowest BCUT2D eigenvalue weighted by Gasteiger charge is -2.32. The number of nitrogens with two attached hydrogens (primary N) is 1. The first-order chi connectivity index (χ1) is 7.16. The van der Waals surface area contributed by atoms with Gasteiger partial charge in [0.15, 0.2) is 0 Å². The first-order valence-electron chi connectivity index (χ1n) is 5.12. The molecule has 1 aliphatic rings. The molecule has 1 aromatic carbocycles. The van der Waals surface area contributed by atoms with Crippen molar-refractivity contribution in [3.8, 4) is 0 Å². The highest BCUT2D eigenvalue weighted by atomic mass is 35.5. The van der Waals surface area contributed by atoms with Gasteiger partial charge in [0.2, 0.25) is 0 Å². The van der Waals surface area contributed by atoms with Crippen molar-refractivity contribution in [2.45, 2.75) is 18.9 Å². The summed E-state index contributed by atoms with van der Waals surface area (Å²) in [5, 5.41) is 1.20. The van der Waals surface area contributed by atoms with Crippen molar-refractivity contribution in [3.63, 3.8) is 0 Å². The van der Waals surface area contributed by atoms with Crippen LogP contribution in [-0.2, 0) is 0 Å². The molecule has 1 saturated heterocycles. The number of halogens is 2. The summed E-state index contributed by atoms with van der Waals surface area (Å²) >= 11 is 11.9. The molecule has 0 amide bonds. The molecule has 82 valence electrons. The second-order valence-corrected chi connectivity index (χ2v) is 4.76. The van der Waals surface area contributed by atoms with E-state index in [0.29, 0.717) is 10.0 Å². The van der Waals surface area contributed by atoms with Crippen molar-refractivity contribution in [1.29, 1.82) is 0 Å². The molecule has 2 rings (SSSR count). The third kappa shape index (κ3) is 2.57. The molecule has 2 N–H and O–H groups in total. The SMILES string of the molecule is NC1CCCN(c2ccc(Cl)c(Cl)c2)C1. The molecule has 1 aliphatic heterocycles. The number of nitrogens with zero attached hydrogens (tertiary/aromatic N) is 1. The second-order valence-electron chi connectivity index (χ2n) is 3.95. The van der Waals surface area contributed by atoms with Gasteiger partial charge in [-0.05, 0) is 31.0 Å². The Morgan fingerprint density at radius 3 is 2.73 bits per heavy atom. The van der Waals surface area contributed by atoms with Gasteiger partial charge in [-0.2, -0.15) is 0 Å². The predicted molar refractivity (Wildman–Crippen MR) is 65.9 cm³/mol. The number of rotatable bonds is 1. The standard InChI is InChI=1S/C11H14Cl2N2/c12-10-4-3-9(6-11(10)13)15-5-1-2-8(14)7-15/h3-4,6,8H,1-2,5,7,14H2. The van der Waals surface area contributed by atoms with Crippen LogP contribution in [0.3, 0.4) is 0 Å². The maximum Gasteiger partial charge on any atom is 0.0612 e. The van der Waals surface area contributed by atoms with E-state index in [9.17, 15) is 0 Å². The van der Waals surface area contributed by atoms with Gasteiger partial charge in [0, 0.05) is 24.8 Å². The summed E-state index contributed by atoms with van der Waals surface area (Å²) in [6, 6.07) is 6.00. The number of anilines is 1. The van der Waals surface area contributed by atoms with Gasteiger partial charge in [0.25, 0.3) is 0 Å². The van der Waals surface area contributed by atoms with E-state index >= 15 is 0 Å². The fourth-order valence-corrected chi connectivity index (χ4v) is 2.22. The fourth-order valence-electron chi connectivity index (χ4n) is 1.93. The van der Waals surface area contributed by atoms with Crippen molar-refractivity contribution in [2.24, 2.45) is 5.73 Å². The molecule has 1 aromatic rings. The van der Waals surface area contributed by atoms with Crippen LogP contribution in [0.25, 0.3) is 0 Å². The second kappa shape index (κ2) is 4.60. The van der Waals surface area contributed by atoms with Crippen LogP contribution >= 0.6 is 23.2 Å². The van der Waals surface area contributed by atoms with E-state index in [1.807, 2.05) is 18.2 Å². The van der Waals surface area contributed by atoms with Crippen molar-refractivity contribution in [2.75, 3.05) is 18.0 Å². The topological polar surface area (TPSA) is 29.3 Å². The van der Waals surface area contributed by atoms with Crippen LogP contribution in [0.1, 0.15) is 12.8 Å². The van der Waals surface area contributed by atoms with Crippen LogP contribution in [0, 0.1) is 0 Å². The van der Waals surface area contributed by atoms with E-state index in [-0.39, 0.29) is 6.04 Å². The minimum absolute atomic E-state index is 0.271. The Labute approximate surface area is 100.0 Å². The summed E-state index contributed by atoms with van der Waals surface area (Å²) in [6.07, 6.45) is 2.25. The zero-order valence-corrected chi connectivity index (χ0v) is 9.93. The van der Waals surface area contributed by atoms with E-state index in [2.05, 4.69) is 4.90 Å². The Hall–Kier alpha value is -0.440. The quantitative estimate of drug-likeness (QED) is 0.824. The number of benzene rings is 1. The molecule has 0 aliphatic carbocycles. The lowest BCUT2D eigenvalue weighted by atomic mass is 10.1. The van der Waals surface area contributed by atoms with E-state index in [4.69, 9.17) is 28.9 Å². The molecule has 0 aromatic heterocycles. The van der Waals surface area contributed by atoms with Crippen LogP contribution in [-0.4, -0.2) is 19.1 Å². The van der Waals surface area contributed by atoms with Gasteiger partial charge in [-0.15, -0.1) is 0 Å². The van der Waals surface area contributed by atoms with Crippen molar-refractivity contribution in [3.05, 3.63) is 28.2 Å². The predicted octanol–water partition coefficient (Wildman–Crippen LogP) is 2.92. The summed E-state index contributed by atoms with van der Waals surface area (Å²) in [4.78, 5) is 2.26. The Bertz CT molecular complexity index is 354. The van der Waals surface area contributed by atoms with Gasteiger partial charge in [-0.25, -0.2) is 0 Å². The Morgan fingerprint density at radius 1 is 1.27 bits per heavy atom. The monoisotopic (exact) mass is 244 g/mol. The lowest BCUT2D eigenvalue weighted by molar-refractivity contribution is 0.506. The first-order valence-corrected chi connectivity index (χ1v) is 5.88. The highest BCUT2D eigenvalue weighted by Crippen LogP contribution is 2.28. The molecule has 0 saturated carbocycles. The molecule has 15 heavy (non-hydrogen) atoms. The highest BCUT2D eigenvalue weighted by Gasteiger charge is 2.17. The van der Waals surface area contributed by atoms with Gasteiger partial charge in [0.1, 0.15) is 0 Å². The maximum atomic E-state index is 5.98. The van der Waals surface area contributed by atoms with Crippen LogP contribution in [0.5, 0.6) is 0 Å². The molecule has 4 heteroatoms. The first kappa shape index (κ1) is 11.1. The van der Waals surface area contributed by atoms with Crippen molar-refractivity contribution in [1.82, 2.24) is 0 Å². The van der Waals surface area contributed by atoms with Gasteiger partial charge < -0.3 is 10.6 Å². The number of piperidine rings is 1. The Balaban J connectivity index is 2.18. The molecule has 0 bridgehead atoms. The van der Waals surface area contributed by atoms with Gasteiger partial charge >= 0.3 is 0 Å². The summed E-state index contributed by atoms with van der Waals surface area (Å²) in [5.74, 6) is 0. The molecule has 2 nitrogen and oxygen atoms in total. The van der Waals surface area contributed by atoms with Crippen molar-refractivity contribution < 1.29 is 0 Å². The lowest BCUT2D eigenvalue weighted by Crippen LogP contribution is -2.42. The summed E-state index contributed by atoms with van der Waals surface area (Å²) in [7, 11) is 0. The molecular formula is C11H14Cl2N2. The molecule has 1 fully saturated rings. The van der Waals surface area contributed by atoms with Crippen LogP contribution < -0.4 is 10.6 Å². The molecule has 0 spiro atoms. The van der Waals surface area contributed by atoms with Gasteiger partial charge in [0.05, 0.1) is 10.0 Å². The minimum Gasteiger partial charge on any atom is -0.370 e. The van der Waals surface area contributed by atoms with Crippen molar-refractivity contribution >= 4 is 28.9 Å². The zero-order chi connectivity index (χ0) is 10.8. The normalized spacial score (nSPS) is 21.8. The molecule has 1 heterocycles. The van der Waals surface area contributed by atoms with Gasteiger partial charge in [-0.1, -0.05) is 23.2 Å². The average molecular weight is 245 g/mol. The number of hydrogen-bond donors (Lipinski definition) is 1. The molecule has 1 atom stereocenters. The third-order valence-electron chi connectivity index (χ3n) is 2.73. The Kier molecular flexibility index (Phi) is 3.39. The third-order valence-corrected chi connectivity index (χ3v) is 3.47. The summed E-state index contributed by atoms with van der Waals surface area (Å²) in [6.45, 7) is 1.95. The molecule has 0 radical (unpaired) electrons. The summed E-state index contributed by atoms with van der Waals surface area (Å²) in [5.41, 5.74) is 7.04. The van der Waals surface area contributed by atoms with E-state index in [1.165, 1.54) is 0 Å². The minimum atomic E-state index is 0.271. The van der Waals surface area contributed by atoms with Crippen LogP contribution in [0.15, 0.2) is 18.2 Å². The van der Waals surface area contributed by atoms with Crippen LogP contribution in [0.4, 0.5) is 5.69 Å². The average Bonchev–Trinajstić information content (AvgIpc) is 2.22. The molecule has 1 unspecified atom stereocenters. The van der Waals surface area contributed by atoms with Crippen LogP contribution in [0.2, 0.25) is 10.0 Å². The van der Waals surface area contributed by atoms with E-state index < -0.39 is 0 Å². The highest BCUT2D eigenvalue weighted by molar-refractivity contribution is 6.42. The maximum absolute atomic E-state index is 5.98. The fraction of sp³-hybridized carbons (Fsp3) is 0.455. The molecular weight excluding hydrogens is 231 g/mol.